The number of aromatic amines is 1. The molecule has 0 bridgehead atoms. The normalized spacial score (nSPS) is 17.2. The standard InChI is InChI=1S/C23H23F3N6O/c1-33-15-20-14-31(8-9-32(20)21-7-6-19(12-28-21)23(24,25)26)13-18-11-29-30-22(18)17-4-2-16(10-27)3-5-17/h2-7,11-12,20H,8-9,13-15H2,1H3,(H,29,30)/t20-/m0/s1. The van der Waals surface area contributed by atoms with Crippen molar-refractivity contribution in [2.75, 3.05) is 38.3 Å². The molecule has 172 valence electrons. The molecule has 3 aromatic rings. The van der Waals surface area contributed by atoms with E-state index in [-0.39, 0.29) is 6.04 Å². The van der Waals surface area contributed by atoms with Gasteiger partial charge in [-0.2, -0.15) is 23.5 Å². The maximum atomic E-state index is 12.9. The second-order valence-corrected chi connectivity index (χ2v) is 7.89. The molecule has 0 saturated carbocycles. The summed E-state index contributed by atoms with van der Waals surface area (Å²) in [5.74, 6) is 0.506. The van der Waals surface area contributed by atoms with Crippen molar-refractivity contribution >= 4 is 5.82 Å². The number of benzene rings is 1. The van der Waals surface area contributed by atoms with E-state index in [0.717, 1.165) is 29.1 Å². The van der Waals surface area contributed by atoms with Crippen molar-refractivity contribution < 1.29 is 17.9 Å². The Morgan fingerprint density at radius 1 is 1.18 bits per heavy atom. The molecule has 10 heteroatoms. The van der Waals surface area contributed by atoms with Crippen LogP contribution in [0, 0.1) is 11.3 Å². The number of hydrogen-bond acceptors (Lipinski definition) is 6. The highest BCUT2D eigenvalue weighted by Gasteiger charge is 2.32. The van der Waals surface area contributed by atoms with Crippen LogP contribution >= 0.6 is 0 Å². The van der Waals surface area contributed by atoms with Gasteiger partial charge in [0, 0.05) is 56.8 Å². The second-order valence-electron chi connectivity index (χ2n) is 7.89. The molecule has 33 heavy (non-hydrogen) atoms. The third-order valence-electron chi connectivity index (χ3n) is 5.70. The van der Waals surface area contributed by atoms with Gasteiger partial charge in [-0.05, 0) is 24.3 Å². The monoisotopic (exact) mass is 456 g/mol. The lowest BCUT2D eigenvalue weighted by Gasteiger charge is -2.42. The number of aromatic nitrogens is 3. The van der Waals surface area contributed by atoms with Crippen molar-refractivity contribution in [2.45, 2.75) is 18.8 Å². The summed E-state index contributed by atoms with van der Waals surface area (Å²) in [5, 5.41) is 16.3. The fourth-order valence-electron chi connectivity index (χ4n) is 4.05. The minimum atomic E-state index is -4.41. The quantitative estimate of drug-likeness (QED) is 0.609. The highest BCUT2D eigenvalue weighted by molar-refractivity contribution is 5.63. The molecule has 4 rings (SSSR count). The minimum Gasteiger partial charge on any atom is -0.383 e. The molecule has 0 aliphatic carbocycles. The highest BCUT2D eigenvalue weighted by Crippen LogP contribution is 2.30. The van der Waals surface area contributed by atoms with Gasteiger partial charge in [0.15, 0.2) is 0 Å². The first-order chi connectivity index (χ1) is 15.9. The molecule has 1 N–H and O–H groups in total. The van der Waals surface area contributed by atoms with Crippen LogP contribution in [-0.2, 0) is 17.5 Å². The molecule has 0 amide bonds. The van der Waals surface area contributed by atoms with E-state index in [1.807, 2.05) is 23.2 Å². The van der Waals surface area contributed by atoms with Crippen LogP contribution in [-0.4, -0.2) is 59.5 Å². The van der Waals surface area contributed by atoms with Crippen LogP contribution in [0.15, 0.2) is 48.8 Å². The molecule has 1 saturated heterocycles. The summed E-state index contributed by atoms with van der Waals surface area (Å²) in [7, 11) is 1.61. The number of methoxy groups -OCH3 is 1. The number of nitriles is 1. The topological polar surface area (TPSA) is 81.1 Å². The number of nitrogens with zero attached hydrogens (tertiary/aromatic N) is 5. The van der Waals surface area contributed by atoms with Crippen molar-refractivity contribution in [3.8, 4) is 17.3 Å². The molecule has 0 unspecified atom stereocenters. The zero-order chi connectivity index (χ0) is 23.4. The second kappa shape index (κ2) is 9.60. The summed E-state index contributed by atoms with van der Waals surface area (Å²) in [5.41, 5.74) is 2.60. The number of alkyl halides is 3. The van der Waals surface area contributed by atoms with Crippen LogP contribution in [0.1, 0.15) is 16.7 Å². The largest absolute Gasteiger partial charge is 0.417 e. The number of pyridine rings is 1. The number of ether oxygens (including phenoxy) is 1. The Morgan fingerprint density at radius 2 is 1.97 bits per heavy atom. The molecule has 1 fully saturated rings. The van der Waals surface area contributed by atoms with Gasteiger partial charge in [-0.25, -0.2) is 4.98 Å². The predicted octanol–water partition coefficient (Wildman–Crippen LogP) is 3.70. The van der Waals surface area contributed by atoms with Crippen molar-refractivity contribution in [2.24, 2.45) is 0 Å². The number of H-pyrrole nitrogens is 1. The van der Waals surface area contributed by atoms with E-state index in [0.29, 0.717) is 44.2 Å². The number of piperazine rings is 1. The van der Waals surface area contributed by atoms with E-state index in [2.05, 4.69) is 26.2 Å². The third-order valence-corrected chi connectivity index (χ3v) is 5.70. The Balaban J connectivity index is 1.47. The Hall–Kier alpha value is -3.42. The molecule has 1 aliphatic heterocycles. The van der Waals surface area contributed by atoms with Crippen LogP contribution in [0.4, 0.5) is 19.0 Å². The van der Waals surface area contributed by atoms with Crippen molar-refractivity contribution in [1.82, 2.24) is 20.1 Å². The average Bonchev–Trinajstić information content (AvgIpc) is 3.27. The van der Waals surface area contributed by atoms with E-state index >= 15 is 0 Å². The lowest BCUT2D eigenvalue weighted by Crippen LogP contribution is -2.55. The smallest absolute Gasteiger partial charge is 0.383 e. The summed E-state index contributed by atoms with van der Waals surface area (Å²) in [4.78, 5) is 8.33. The summed E-state index contributed by atoms with van der Waals surface area (Å²) < 4.78 is 44.0. The van der Waals surface area contributed by atoms with Crippen LogP contribution in [0.5, 0.6) is 0 Å². The molecule has 2 aromatic heterocycles. The average molecular weight is 456 g/mol. The van der Waals surface area contributed by atoms with Gasteiger partial charge in [0.25, 0.3) is 0 Å². The predicted molar refractivity (Wildman–Crippen MR) is 116 cm³/mol. The van der Waals surface area contributed by atoms with Crippen LogP contribution in [0.25, 0.3) is 11.3 Å². The van der Waals surface area contributed by atoms with Gasteiger partial charge in [0.1, 0.15) is 5.82 Å². The Morgan fingerprint density at radius 3 is 2.61 bits per heavy atom. The number of anilines is 1. The van der Waals surface area contributed by atoms with E-state index < -0.39 is 11.7 Å². The molecule has 3 heterocycles. The number of halogens is 3. The lowest BCUT2D eigenvalue weighted by molar-refractivity contribution is -0.137. The maximum absolute atomic E-state index is 12.9. The third kappa shape index (κ3) is 5.16. The summed E-state index contributed by atoms with van der Waals surface area (Å²) in [6.45, 7) is 3.05. The van der Waals surface area contributed by atoms with Crippen LogP contribution in [0.2, 0.25) is 0 Å². The SMILES string of the molecule is COC[C@@H]1CN(Cc2c[nH]nc2-c2ccc(C#N)cc2)CCN1c1ccc(C(F)(F)F)cn1. The van der Waals surface area contributed by atoms with Gasteiger partial charge < -0.3 is 9.64 Å². The first-order valence-electron chi connectivity index (χ1n) is 10.4. The fourth-order valence-corrected chi connectivity index (χ4v) is 4.05. The highest BCUT2D eigenvalue weighted by atomic mass is 19.4. The summed E-state index contributed by atoms with van der Waals surface area (Å²) in [6.07, 6.45) is -1.67. The van der Waals surface area contributed by atoms with Crippen LogP contribution in [0.3, 0.4) is 0 Å². The molecule has 1 aliphatic rings. The van der Waals surface area contributed by atoms with Crippen molar-refractivity contribution in [3.05, 3.63) is 65.5 Å². The van der Waals surface area contributed by atoms with Gasteiger partial charge in [0.2, 0.25) is 0 Å². The molecule has 0 spiro atoms. The molecular formula is C23H23F3N6O. The Bertz CT molecular complexity index is 1100. The Kier molecular flexibility index (Phi) is 6.62. The Labute approximate surface area is 189 Å². The lowest BCUT2D eigenvalue weighted by atomic mass is 10.1. The first kappa shape index (κ1) is 22.8. The van der Waals surface area contributed by atoms with Gasteiger partial charge in [0.05, 0.1) is 35.5 Å². The van der Waals surface area contributed by atoms with Gasteiger partial charge in [-0.3, -0.25) is 10.00 Å². The van der Waals surface area contributed by atoms with Crippen LogP contribution < -0.4 is 4.90 Å². The van der Waals surface area contributed by atoms with Crippen molar-refractivity contribution in [3.63, 3.8) is 0 Å². The molecular weight excluding hydrogens is 433 g/mol. The van der Waals surface area contributed by atoms with E-state index in [1.165, 1.54) is 6.07 Å². The summed E-state index contributed by atoms with van der Waals surface area (Å²) in [6, 6.07) is 11.8. The summed E-state index contributed by atoms with van der Waals surface area (Å²) >= 11 is 0. The van der Waals surface area contributed by atoms with Crippen molar-refractivity contribution in [1.29, 1.82) is 5.26 Å². The molecule has 7 nitrogen and oxygen atoms in total. The maximum Gasteiger partial charge on any atom is 0.417 e. The first-order valence-corrected chi connectivity index (χ1v) is 10.4. The number of hydrogen-bond donors (Lipinski definition) is 1. The van der Waals surface area contributed by atoms with E-state index in [1.54, 1.807) is 19.2 Å². The van der Waals surface area contributed by atoms with Gasteiger partial charge in [-0.15, -0.1) is 0 Å². The zero-order valence-corrected chi connectivity index (χ0v) is 18.0. The minimum absolute atomic E-state index is 0.0572. The number of nitrogens with one attached hydrogen (secondary N) is 1. The number of rotatable bonds is 6. The van der Waals surface area contributed by atoms with E-state index in [4.69, 9.17) is 10.00 Å². The molecule has 1 aromatic carbocycles. The molecule has 0 radical (unpaired) electrons. The van der Waals surface area contributed by atoms with E-state index in [9.17, 15) is 13.2 Å². The zero-order valence-electron chi connectivity index (χ0n) is 18.0. The molecule has 1 atom stereocenters. The van der Waals surface area contributed by atoms with Gasteiger partial charge >= 0.3 is 6.18 Å². The fraction of sp³-hybridized carbons (Fsp3) is 0.348. The van der Waals surface area contributed by atoms with Gasteiger partial charge in [-0.1, -0.05) is 12.1 Å².